The zero-order valence-corrected chi connectivity index (χ0v) is 16.5. The molecule has 1 aliphatic rings. The highest BCUT2D eigenvalue weighted by Crippen LogP contribution is 2.22. The second-order valence-corrected chi connectivity index (χ2v) is 9.08. The minimum Gasteiger partial charge on any atom is -0.345 e. The number of amides is 1. The molecule has 1 amide bonds. The first-order chi connectivity index (χ1) is 13.5. The molecule has 0 radical (unpaired) electrons. The molecular formula is C21H25FN2O3S. The topological polar surface area (TPSA) is 66.5 Å². The SMILES string of the molecule is O=C(CCCS(=O)(=O)N1CCCC1)NC(c1ccccc1)c1ccc(F)cc1. The van der Waals surface area contributed by atoms with Crippen LogP contribution in [0.15, 0.2) is 54.6 Å². The van der Waals surface area contributed by atoms with Crippen LogP contribution in [0, 0.1) is 5.82 Å². The molecule has 1 N–H and O–H groups in total. The maximum Gasteiger partial charge on any atom is 0.220 e. The molecule has 7 heteroatoms. The highest BCUT2D eigenvalue weighted by molar-refractivity contribution is 7.89. The Kier molecular flexibility index (Phi) is 6.80. The van der Waals surface area contributed by atoms with E-state index in [-0.39, 0.29) is 30.3 Å². The molecule has 0 aliphatic carbocycles. The average molecular weight is 405 g/mol. The number of nitrogens with zero attached hydrogens (tertiary/aromatic N) is 1. The van der Waals surface area contributed by atoms with Crippen molar-refractivity contribution in [2.24, 2.45) is 0 Å². The fourth-order valence-corrected chi connectivity index (χ4v) is 4.99. The van der Waals surface area contributed by atoms with Gasteiger partial charge in [-0.2, -0.15) is 0 Å². The van der Waals surface area contributed by atoms with Gasteiger partial charge in [-0.3, -0.25) is 4.79 Å². The number of halogens is 1. The number of nitrogens with one attached hydrogen (secondary N) is 1. The van der Waals surface area contributed by atoms with Crippen LogP contribution in [-0.2, 0) is 14.8 Å². The lowest BCUT2D eigenvalue weighted by molar-refractivity contribution is -0.121. The number of carbonyl (C=O) groups excluding carboxylic acids is 1. The van der Waals surface area contributed by atoms with E-state index in [4.69, 9.17) is 0 Å². The van der Waals surface area contributed by atoms with Gasteiger partial charge in [-0.15, -0.1) is 0 Å². The van der Waals surface area contributed by atoms with E-state index in [1.807, 2.05) is 30.3 Å². The summed E-state index contributed by atoms with van der Waals surface area (Å²) in [5.41, 5.74) is 1.65. The molecule has 2 aromatic rings. The third kappa shape index (κ3) is 5.39. The largest absolute Gasteiger partial charge is 0.345 e. The summed E-state index contributed by atoms with van der Waals surface area (Å²) in [5, 5.41) is 2.96. The number of carbonyl (C=O) groups is 1. The highest BCUT2D eigenvalue weighted by Gasteiger charge is 2.25. The third-order valence-electron chi connectivity index (χ3n) is 4.91. The summed E-state index contributed by atoms with van der Waals surface area (Å²) in [5.74, 6) is -0.587. The van der Waals surface area contributed by atoms with Crippen molar-refractivity contribution in [1.82, 2.24) is 9.62 Å². The Morgan fingerprint density at radius 2 is 1.61 bits per heavy atom. The molecule has 0 aromatic heterocycles. The quantitative estimate of drug-likeness (QED) is 0.735. The van der Waals surface area contributed by atoms with E-state index in [2.05, 4.69) is 5.32 Å². The molecule has 1 saturated heterocycles. The molecule has 1 atom stereocenters. The minimum atomic E-state index is -3.28. The van der Waals surface area contributed by atoms with Gasteiger partial charge < -0.3 is 5.32 Å². The van der Waals surface area contributed by atoms with E-state index in [9.17, 15) is 17.6 Å². The van der Waals surface area contributed by atoms with Gasteiger partial charge >= 0.3 is 0 Å². The monoisotopic (exact) mass is 404 g/mol. The van der Waals surface area contributed by atoms with Crippen LogP contribution in [0.2, 0.25) is 0 Å². The summed E-state index contributed by atoms with van der Waals surface area (Å²) >= 11 is 0. The van der Waals surface area contributed by atoms with Gasteiger partial charge in [0.2, 0.25) is 15.9 Å². The first kappa shape index (κ1) is 20.5. The lowest BCUT2D eigenvalue weighted by Crippen LogP contribution is -2.32. The molecule has 1 unspecified atom stereocenters. The lowest BCUT2D eigenvalue weighted by Gasteiger charge is -2.20. The second kappa shape index (κ2) is 9.30. The predicted octanol–water partition coefficient (Wildman–Crippen LogP) is 3.24. The van der Waals surface area contributed by atoms with Crippen LogP contribution in [0.5, 0.6) is 0 Å². The molecule has 5 nitrogen and oxygen atoms in total. The van der Waals surface area contributed by atoms with Crippen LogP contribution in [-0.4, -0.2) is 37.5 Å². The fourth-order valence-electron chi connectivity index (χ4n) is 3.40. The summed E-state index contributed by atoms with van der Waals surface area (Å²) in [7, 11) is -3.28. The Bertz CT molecular complexity index is 880. The molecule has 0 bridgehead atoms. The van der Waals surface area contributed by atoms with Crippen molar-refractivity contribution >= 4 is 15.9 Å². The normalized spacial score (nSPS) is 16.0. The molecule has 0 saturated carbocycles. The molecule has 2 aromatic carbocycles. The second-order valence-electron chi connectivity index (χ2n) is 6.99. The van der Waals surface area contributed by atoms with Crippen LogP contribution >= 0.6 is 0 Å². The van der Waals surface area contributed by atoms with E-state index >= 15 is 0 Å². The Labute approximate surface area is 165 Å². The Hall–Kier alpha value is -2.25. The predicted molar refractivity (Wildman–Crippen MR) is 107 cm³/mol. The van der Waals surface area contributed by atoms with Crippen molar-refractivity contribution in [2.45, 2.75) is 31.7 Å². The standard InChI is InChI=1S/C21H25FN2O3S/c22-19-12-10-18(11-13-19)21(17-7-2-1-3-8-17)23-20(25)9-6-16-28(26,27)24-14-4-5-15-24/h1-3,7-8,10-13,21H,4-6,9,14-16H2,(H,23,25). The lowest BCUT2D eigenvalue weighted by atomic mass is 9.98. The fraction of sp³-hybridized carbons (Fsp3) is 0.381. The van der Waals surface area contributed by atoms with Crippen LogP contribution in [0.25, 0.3) is 0 Å². The van der Waals surface area contributed by atoms with Crippen molar-refractivity contribution in [2.75, 3.05) is 18.8 Å². The maximum atomic E-state index is 13.3. The highest BCUT2D eigenvalue weighted by atomic mass is 32.2. The van der Waals surface area contributed by atoms with Crippen LogP contribution in [0.3, 0.4) is 0 Å². The van der Waals surface area contributed by atoms with Crippen LogP contribution < -0.4 is 5.32 Å². The first-order valence-corrected chi connectivity index (χ1v) is 11.1. The van der Waals surface area contributed by atoms with Gasteiger partial charge in [-0.25, -0.2) is 17.1 Å². The number of sulfonamides is 1. The number of benzene rings is 2. The van der Waals surface area contributed by atoms with Crippen molar-refractivity contribution in [1.29, 1.82) is 0 Å². The zero-order chi connectivity index (χ0) is 20.0. The van der Waals surface area contributed by atoms with Gasteiger partial charge in [-0.05, 0) is 42.5 Å². The van der Waals surface area contributed by atoms with Gasteiger partial charge in [0.15, 0.2) is 0 Å². The first-order valence-electron chi connectivity index (χ1n) is 9.53. The molecule has 28 heavy (non-hydrogen) atoms. The molecule has 1 aliphatic heterocycles. The molecule has 1 heterocycles. The van der Waals surface area contributed by atoms with Gasteiger partial charge in [0.1, 0.15) is 5.82 Å². The maximum absolute atomic E-state index is 13.3. The summed E-state index contributed by atoms with van der Waals surface area (Å²) in [6.45, 7) is 1.16. The smallest absolute Gasteiger partial charge is 0.220 e. The van der Waals surface area contributed by atoms with Gasteiger partial charge in [0.05, 0.1) is 11.8 Å². The van der Waals surface area contributed by atoms with E-state index in [0.29, 0.717) is 13.1 Å². The summed E-state index contributed by atoms with van der Waals surface area (Å²) in [6, 6.07) is 15.0. The number of hydrogen-bond donors (Lipinski definition) is 1. The van der Waals surface area contributed by atoms with E-state index in [1.54, 1.807) is 12.1 Å². The zero-order valence-electron chi connectivity index (χ0n) is 15.7. The van der Waals surface area contributed by atoms with E-state index < -0.39 is 16.1 Å². The molecule has 0 spiro atoms. The van der Waals surface area contributed by atoms with E-state index in [0.717, 1.165) is 24.0 Å². The average Bonchev–Trinajstić information content (AvgIpc) is 3.23. The van der Waals surface area contributed by atoms with Gasteiger partial charge in [-0.1, -0.05) is 42.5 Å². The third-order valence-corrected chi connectivity index (χ3v) is 6.86. The molecule has 1 fully saturated rings. The van der Waals surface area contributed by atoms with Crippen LogP contribution in [0.4, 0.5) is 4.39 Å². The van der Waals surface area contributed by atoms with Gasteiger partial charge in [0, 0.05) is 19.5 Å². The minimum absolute atomic E-state index is 0.0209. The summed E-state index contributed by atoms with van der Waals surface area (Å²) in [4.78, 5) is 12.5. The van der Waals surface area contributed by atoms with E-state index in [1.165, 1.54) is 16.4 Å². The Morgan fingerprint density at radius 1 is 1.00 bits per heavy atom. The summed E-state index contributed by atoms with van der Waals surface area (Å²) < 4.78 is 39.3. The van der Waals surface area contributed by atoms with Crippen molar-refractivity contribution in [3.8, 4) is 0 Å². The summed E-state index contributed by atoms with van der Waals surface area (Å²) in [6.07, 6.45) is 2.19. The Balaban J connectivity index is 1.62. The van der Waals surface area contributed by atoms with Crippen LogP contribution in [0.1, 0.15) is 42.9 Å². The molecular weight excluding hydrogens is 379 g/mol. The van der Waals surface area contributed by atoms with Crippen molar-refractivity contribution in [3.63, 3.8) is 0 Å². The van der Waals surface area contributed by atoms with Gasteiger partial charge in [0.25, 0.3) is 0 Å². The van der Waals surface area contributed by atoms with Crippen molar-refractivity contribution in [3.05, 3.63) is 71.5 Å². The van der Waals surface area contributed by atoms with Crippen molar-refractivity contribution < 1.29 is 17.6 Å². The molecule has 150 valence electrons. The number of hydrogen-bond acceptors (Lipinski definition) is 3. The molecule has 3 rings (SSSR count). The Morgan fingerprint density at radius 3 is 2.25 bits per heavy atom. The number of rotatable bonds is 8.